The minimum atomic E-state index is -0.456. The highest BCUT2D eigenvalue weighted by molar-refractivity contribution is 6.35. The fraction of sp³-hybridized carbons (Fsp3) is 0.636. The molecular weight excluding hydrogens is 384 g/mol. The normalized spacial score (nSPS) is 14.0. The molecule has 1 saturated heterocycles. The first-order valence-electron chi connectivity index (χ1n) is 10.5. The Bertz CT molecular complexity index is 631. The average molecular weight is 421 g/mol. The minimum absolute atomic E-state index is 0.0787. The van der Waals surface area contributed by atoms with Crippen LogP contribution >= 0.6 is 0 Å². The topological polar surface area (TPSA) is 81.2 Å². The summed E-state index contributed by atoms with van der Waals surface area (Å²) in [5.41, 5.74) is 1.01. The molecule has 0 bridgehead atoms. The number of piperazine rings is 1. The predicted octanol–water partition coefficient (Wildman–Crippen LogP) is 1.29. The summed E-state index contributed by atoms with van der Waals surface area (Å²) in [5.74, 6) is -1.07. The van der Waals surface area contributed by atoms with Crippen LogP contribution in [0.25, 0.3) is 0 Å². The zero-order chi connectivity index (χ0) is 22.8. The molecule has 4 amide bonds. The van der Waals surface area contributed by atoms with Gasteiger partial charge in [0.2, 0.25) is 11.8 Å². The highest BCUT2D eigenvalue weighted by atomic mass is 16.2. The van der Waals surface area contributed by atoms with Crippen molar-refractivity contribution in [3.8, 4) is 0 Å². The van der Waals surface area contributed by atoms with Gasteiger partial charge in [-0.3, -0.25) is 19.2 Å². The molecule has 0 spiro atoms. The van der Waals surface area contributed by atoms with Crippen molar-refractivity contribution in [3.63, 3.8) is 0 Å². The van der Waals surface area contributed by atoms with Gasteiger partial charge in [-0.15, -0.1) is 0 Å². The molecule has 0 N–H and O–H groups in total. The molecule has 0 aromatic heterocycles. The van der Waals surface area contributed by atoms with Gasteiger partial charge >= 0.3 is 11.8 Å². The number of hydrogen-bond acceptors (Lipinski definition) is 4. The van der Waals surface area contributed by atoms with Gasteiger partial charge < -0.3 is 19.6 Å². The summed E-state index contributed by atoms with van der Waals surface area (Å²) in [6, 6.07) is 0. The first-order chi connectivity index (χ1) is 14.1. The summed E-state index contributed by atoms with van der Waals surface area (Å²) in [4.78, 5) is 54.7. The van der Waals surface area contributed by atoms with Crippen molar-refractivity contribution in [2.75, 3.05) is 53.4 Å². The fourth-order valence-corrected chi connectivity index (χ4v) is 3.30. The van der Waals surface area contributed by atoms with E-state index in [1.54, 1.807) is 47.5 Å². The third-order valence-electron chi connectivity index (χ3n) is 5.16. The van der Waals surface area contributed by atoms with Gasteiger partial charge in [-0.1, -0.05) is 13.2 Å². The van der Waals surface area contributed by atoms with E-state index >= 15 is 0 Å². The zero-order valence-electron chi connectivity index (χ0n) is 18.9. The molecule has 8 nitrogen and oxygen atoms in total. The Labute approximate surface area is 180 Å². The van der Waals surface area contributed by atoms with Gasteiger partial charge in [-0.25, -0.2) is 0 Å². The highest BCUT2D eigenvalue weighted by Crippen LogP contribution is 2.09. The van der Waals surface area contributed by atoms with Gasteiger partial charge in [0.1, 0.15) is 0 Å². The molecule has 0 aromatic rings. The molecule has 1 heterocycles. The molecule has 0 atom stereocenters. The van der Waals surface area contributed by atoms with Crippen LogP contribution in [-0.2, 0) is 19.2 Å². The third-order valence-corrected chi connectivity index (χ3v) is 5.16. The van der Waals surface area contributed by atoms with Gasteiger partial charge in [0.05, 0.1) is 0 Å². The number of rotatable bonds is 12. The van der Waals surface area contributed by atoms with Crippen LogP contribution in [0.4, 0.5) is 0 Å². The lowest BCUT2D eigenvalue weighted by Gasteiger charge is -2.34. The van der Waals surface area contributed by atoms with E-state index in [9.17, 15) is 19.2 Å². The summed E-state index contributed by atoms with van der Waals surface area (Å²) >= 11 is 0. The molecule has 1 rings (SSSR count). The van der Waals surface area contributed by atoms with Crippen molar-refractivity contribution in [1.29, 1.82) is 0 Å². The number of nitrogens with zero attached hydrogens (tertiary/aromatic N) is 4. The maximum atomic E-state index is 12.4. The van der Waals surface area contributed by atoms with E-state index in [4.69, 9.17) is 0 Å². The molecule has 0 aliphatic carbocycles. The van der Waals surface area contributed by atoms with Crippen molar-refractivity contribution in [2.45, 2.75) is 39.5 Å². The number of likely N-dealkylation sites (N-methyl/N-ethyl adjacent to an activating group) is 2. The number of carbonyl (C=O) groups excluding carboxylic acids is 4. The SMILES string of the molecule is C=C(C)C(=O)N(C)CCCCN1CCN(CCCCN(C)C(=O)C(=C)C)C(=O)C1=O. The largest absolute Gasteiger partial charge is 0.342 e. The van der Waals surface area contributed by atoms with Crippen molar-refractivity contribution in [2.24, 2.45) is 0 Å². The molecular formula is C22H36N4O4. The van der Waals surface area contributed by atoms with E-state index < -0.39 is 11.8 Å². The summed E-state index contributed by atoms with van der Waals surface area (Å²) < 4.78 is 0. The second-order valence-corrected chi connectivity index (χ2v) is 8.01. The standard InChI is InChI=1S/C22H36N4O4/c1-17(2)19(27)23(5)11-7-9-13-25-15-16-26(22(30)21(25)29)14-10-8-12-24(6)20(28)18(3)4/h1,3,7-16H2,2,4-6H3. The van der Waals surface area contributed by atoms with Crippen LogP contribution in [-0.4, -0.2) is 96.6 Å². The van der Waals surface area contributed by atoms with Crippen LogP contribution in [0, 0.1) is 0 Å². The van der Waals surface area contributed by atoms with Crippen LogP contribution < -0.4 is 0 Å². The van der Waals surface area contributed by atoms with Crippen LogP contribution in [0.15, 0.2) is 24.3 Å². The second kappa shape index (κ2) is 12.1. The molecule has 0 saturated carbocycles. The third kappa shape index (κ3) is 7.65. The quantitative estimate of drug-likeness (QED) is 0.271. The zero-order valence-corrected chi connectivity index (χ0v) is 18.9. The summed E-state index contributed by atoms with van der Waals surface area (Å²) in [6.07, 6.45) is 2.98. The Kier molecular flexibility index (Phi) is 10.3. The van der Waals surface area contributed by atoms with Gasteiger partial charge in [0, 0.05) is 64.5 Å². The molecule has 168 valence electrons. The van der Waals surface area contributed by atoms with E-state index in [0.29, 0.717) is 50.4 Å². The number of carbonyl (C=O) groups is 4. The van der Waals surface area contributed by atoms with Crippen LogP contribution in [0.3, 0.4) is 0 Å². The minimum Gasteiger partial charge on any atom is -0.342 e. The van der Waals surface area contributed by atoms with Crippen molar-refractivity contribution in [1.82, 2.24) is 19.6 Å². The van der Waals surface area contributed by atoms with Crippen molar-refractivity contribution >= 4 is 23.6 Å². The number of unbranched alkanes of at least 4 members (excludes halogenated alkanes) is 2. The molecule has 30 heavy (non-hydrogen) atoms. The fourth-order valence-electron chi connectivity index (χ4n) is 3.30. The highest BCUT2D eigenvalue weighted by Gasteiger charge is 2.31. The average Bonchev–Trinajstić information content (AvgIpc) is 2.70. The molecule has 0 radical (unpaired) electrons. The van der Waals surface area contributed by atoms with Crippen molar-refractivity contribution < 1.29 is 19.2 Å². The van der Waals surface area contributed by atoms with E-state index in [2.05, 4.69) is 13.2 Å². The van der Waals surface area contributed by atoms with Gasteiger partial charge in [-0.2, -0.15) is 0 Å². The first-order valence-corrected chi connectivity index (χ1v) is 10.5. The van der Waals surface area contributed by atoms with E-state index in [1.807, 2.05) is 0 Å². The summed E-state index contributed by atoms with van der Waals surface area (Å²) in [5, 5.41) is 0. The Morgan fingerprint density at radius 3 is 1.40 bits per heavy atom. The van der Waals surface area contributed by atoms with Gasteiger partial charge in [0.25, 0.3) is 0 Å². The molecule has 1 fully saturated rings. The van der Waals surface area contributed by atoms with E-state index in [1.165, 1.54) is 0 Å². The summed E-state index contributed by atoms with van der Waals surface area (Å²) in [6.45, 7) is 13.9. The molecule has 1 aliphatic heterocycles. The molecule has 8 heteroatoms. The Hall–Kier alpha value is -2.64. The summed E-state index contributed by atoms with van der Waals surface area (Å²) in [7, 11) is 3.47. The lowest BCUT2D eigenvalue weighted by Crippen LogP contribution is -2.54. The number of hydrogen-bond donors (Lipinski definition) is 0. The van der Waals surface area contributed by atoms with Crippen LogP contribution in [0.1, 0.15) is 39.5 Å². The second-order valence-electron chi connectivity index (χ2n) is 8.01. The number of amides is 4. The lowest BCUT2D eigenvalue weighted by molar-refractivity contribution is -0.156. The maximum Gasteiger partial charge on any atom is 0.312 e. The lowest BCUT2D eigenvalue weighted by atomic mass is 10.2. The Morgan fingerprint density at radius 1 is 0.767 bits per heavy atom. The molecule has 1 aliphatic rings. The first kappa shape index (κ1) is 25.4. The predicted molar refractivity (Wildman–Crippen MR) is 117 cm³/mol. The monoisotopic (exact) mass is 420 g/mol. The van der Waals surface area contributed by atoms with Crippen LogP contribution in [0.2, 0.25) is 0 Å². The van der Waals surface area contributed by atoms with Gasteiger partial charge in [0.15, 0.2) is 0 Å². The Morgan fingerprint density at radius 2 is 1.10 bits per heavy atom. The molecule has 0 unspecified atom stereocenters. The van der Waals surface area contributed by atoms with Gasteiger partial charge in [-0.05, 0) is 39.5 Å². The van der Waals surface area contributed by atoms with E-state index in [-0.39, 0.29) is 11.8 Å². The maximum absolute atomic E-state index is 12.4. The van der Waals surface area contributed by atoms with Crippen LogP contribution in [0.5, 0.6) is 0 Å². The van der Waals surface area contributed by atoms with Crippen molar-refractivity contribution in [3.05, 3.63) is 24.3 Å². The molecule has 0 aromatic carbocycles. The van der Waals surface area contributed by atoms with E-state index in [0.717, 1.165) is 25.7 Å². The Balaban J connectivity index is 2.30. The smallest absolute Gasteiger partial charge is 0.312 e.